The van der Waals surface area contributed by atoms with Gasteiger partial charge in [0.1, 0.15) is 0 Å². The molecule has 0 saturated heterocycles. The molecule has 0 spiro atoms. The Hall–Kier alpha value is -1.37. The average Bonchev–Trinajstić information content (AvgIpc) is 2.18. The maximum Gasteiger partial charge on any atom is 0.0995 e. The SMILES string of the molecule is N#Cc1ccccc1[C@@H](N)CCO. The van der Waals surface area contributed by atoms with E-state index in [1.54, 1.807) is 12.1 Å². The summed E-state index contributed by atoms with van der Waals surface area (Å²) in [5.41, 5.74) is 7.16. The summed E-state index contributed by atoms with van der Waals surface area (Å²) in [5, 5.41) is 17.5. The van der Waals surface area contributed by atoms with Crippen molar-refractivity contribution < 1.29 is 5.11 Å². The first-order valence-electron chi connectivity index (χ1n) is 4.15. The number of benzene rings is 1. The summed E-state index contributed by atoms with van der Waals surface area (Å²) < 4.78 is 0. The molecule has 0 heterocycles. The monoisotopic (exact) mass is 176 g/mol. The molecule has 0 aliphatic carbocycles. The predicted molar refractivity (Wildman–Crippen MR) is 49.8 cm³/mol. The maximum absolute atomic E-state index is 8.77. The summed E-state index contributed by atoms with van der Waals surface area (Å²) in [6, 6.07) is 9.01. The molecule has 3 N–H and O–H groups in total. The highest BCUT2D eigenvalue weighted by Gasteiger charge is 2.08. The van der Waals surface area contributed by atoms with Gasteiger partial charge in [-0.1, -0.05) is 18.2 Å². The first-order chi connectivity index (χ1) is 6.29. The Labute approximate surface area is 77.4 Å². The molecule has 0 unspecified atom stereocenters. The summed E-state index contributed by atoms with van der Waals surface area (Å²) >= 11 is 0. The minimum Gasteiger partial charge on any atom is -0.396 e. The van der Waals surface area contributed by atoms with Crippen molar-refractivity contribution in [3.05, 3.63) is 35.4 Å². The van der Waals surface area contributed by atoms with Crippen LogP contribution in [0.5, 0.6) is 0 Å². The molecule has 0 aliphatic heterocycles. The molecule has 3 nitrogen and oxygen atoms in total. The minimum absolute atomic E-state index is 0.0426. The van der Waals surface area contributed by atoms with Crippen molar-refractivity contribution in [2.24, 2.45) is 5.73 Å². The van der Waals surface area contributed by atoms with Gasteiger partial charge in [0.25, 0.3) is 0 Å². The summed E-state index contributed by atoms with van der Waals surface area (Å²) in [5.74, 6) is 0. The van der Waals surface area contributed by atoms with Crippen LogP contribution in [0.4, 0.5) is 0 Å². The standard InChI is InChI=1S/C10H12N2O/c11-7-8-3-1-2-4-9(8)10(12)5-6-13/h1-4,10,13H,5-6,12H2/t10-/m0/s1. The molecular formula is C10H12N2O. The van der Waals surface area contributed by atoms with Gasteiger partial charge >= 0.3 is 0 Å². The van der Waals surface area contributed by atoms with E-state index in [0.717, 1.165) is 5.56 Å². The van der Waals surface area contributed by atoms with Gasteiger partial charge in [0.05, 0.1) is 11.6 Å². The van der Waals surface area contributed by atoms with Gasteiger partial charge < -0.3 is 10.8 Å². The van der Waals surface area contributed by atoms with E-state index in [1.807, 2.05) is 12.1 Å². The number of nitrogens with two attached hydrogens (primary N) is 1. The smallest absolute Gasteiger partial charge is 0.0995 e. The summed E-state index contributed by atoms with van der Waals surface area (Å²) in [4.78, 5) is 0. The Bertz CT molecular complexity index is 317. The third-order valence-electron chi connectivity index (χ3n) is 1.92. The van der Waals surface area contributed by atoms with Crippen LogP contribution < -0.4 is 5.73 Å². The van der Waals surface area contributed by atoms with Crippen LogP contribution in [0.25, 0.3) is 0 Å². The lowest BCUT2D eigenvalue weighted by molar-refractivity contribution is 0.276. The molecule has 0 aromatic heterocycles. The Morgan fingerprint density at radius 2 is 2.15 bits per heavy atom. The lowest BCUT2D eigenvalue weighted by Crippen LogP contribution is -2.13. The van der Waals surface area contributed by atoms with Gasteiger partial charge in [0.2, 0.25) is 0 Å². The summed E-state index contributed by atoms with van der Waals surface area (Å²) in [6.07, 6.45) is 0.485. The van der Waals surface area contributed by atoms with Gasteiger partial charge in [-0.05, 0) is 18.1 Å². The molecular weight excluding hydrogens is 164 g/mol. The molecule has 0 amide bonds. The number of rotatable bonds is 3. The molecule has 0 radical (unpaired) electrons. The predicted octanol–water partition coefficient (Wildman–Crippen LogP) is 0.940. The van der Waals surface area contributed by atoms with E-state index in [1.165, 1.54) is 0 Å². The summed E-state index contributed by atoms with van der Waals surface area (Å²) in [7, 11) is 0. The van der Waals surface area contributed by atoms with Crippen LogP contribution in [-0.2, 0) is 0 Å². The van der Waals surface area contributed by atoms with Gasteiger partial charge in [0, 0.05) is 12.6 Å². The van der Waals surface area contributed by atoms with Crippen molar-refractivity contribution in [2.45, 2.75) is 12.5 Å². The minimum atomic E-state index is -0.249. The van der Waals surface area contributed by atoms with Crippen LogP contribution >= 0.6 is 0 Å². The second-order valence-corrected chi connectivity index (χ2v) is 2.82. The van der Waals surface area contributed by atoms with Crippen molar-refractivity contribution in [1.29, 1.82) is 5.26 Å². The lowest BCUT2D eigenvalue weighted by atomic mass is 10.00. The normalized spacial score (nSPS) is 12.1. The molecule has 0 bridgehead atoms. The third kappa shape index (κ3) is 2.28. The largest absolute Gasteiger partial charge is 0.396 e. The highest BCUT2D eigenvalue weighted by Crippen LogP contribution is 2.17. The third-order valence-corrected chi connectivity index (χ3v) is 1.92. The second-order valence-electron chi connectivity index (χ2n) is 2.82. The maximum atomic E-state index is 8.77. The van der Waals surface area contributed by atoms with Crippen LogP contribution in [0.3, 0.4) is 0 Å². The number of hydrogen-bond acceptors (Lipinski definition) is 3. The van der Waals surface area contributed by atoms with Crippen LogP contribution in [0.2, 0.25) is 0 Å². The highest BCUT2D eigenvalue weighted by atomic mass is 16.3. The van der Waals surface area contributed by atoms with Crippen LogP contribution in [0.15, 0.2) is 24.3 Å². The zero-order valence-corrected chi connectivity index (χ0v) is 7.27. The van der Waals surface area contributed by atoms with Crippen molar-refractivity contribution >= 4 is 0 Å². The van der Waals surface area contributed by atoms with Gasteiger partial charge in [-0.3, -0.25) is 0 Å². The van der Waals surface area contributed by atoms with Crippen LogP contribution in [-0.4, -0.2) is 11.7 Å². The van der Waals surface area contributed by atoms with Crippen molar-refractivity contribution in [3.63, 3.8) is 0 Å². The van der Waals surface area contributed by atoms with E-state index in [4.69, 9.17) is 16.1 Å². The number of aliphatic hydroxyl groups is 1. The molecule has 3 heteroatoms. The van der Waals surface area contributed by atoms with E-state index in [0.29, 0.717) is 12.0 Å². The van der Waals surface area contributed by atoms with Gasteiger partial charge in [-0.2, -0.15) is 5.26 Å². The Balaban J connectivity index is 2.93. The molecule has 0 saturated carbocycles. The van der Waals surface area contributed by atoms with Crippen molar-refractivity contribution in [3.8, 4) is 6.07 Å². The molecule has 1 rings (SSSR count). The average molecular weight is 176 g/mol. The molecule has 1 aromatic rings. The Morgan fingerprint density at radius 1 is 1.46 bits per heavy atom. The summed E-state index contributed by atoms with van der Waals surface area (Å²) in [6.45, 7) is 0.0426. The fourth-order valence-electron chi connectivity index (χ4n) is 1.22. The van der Waals surface area contributed by atoms with Gasteiger partial charge in [0.15, 0.2) is 0 Å². The number of nitriles is 1. The highest BCUT2D eigenvalue weighted by molar-refractivity contribution is 5.39. The van der Waals surface area contributed by atoms with Gasteiger partial charge in [-0.15, -0.1) is 0 Å². The quantitative estimate of drug-likeness (QED) is 0.720. The van der Waals surface area contributed by atoms with Crippen LogP contribution in [0.1, 0.15) is 23.6 Å². The lowest BCUT2D eigenvalue weighted by Gasteiger charge is -2.11. The number of hydrogen-bond donors (Lipinski definition) is 2. The first-order valence-corrected chi connectivity index (χ1v) is 4.15. The van der Waals surface area contributed by atoms with E-state index in [9.17, 15) is 0 Å². The van der Waals surface area contributed by atoms with E-state index < -0.39 is 0 Å². The molecule has 1 aromatic carbocycles. The number of aliphatic hydroxyl groups excluding tert-OH is 1. The van der Waals surface area contributed by atoms with Crippen LogP contribution in [0, 0.1) is 11.3 Å². The van der Waals surface area contributed by atoms with Crippen molar-refractivity contribution in [1.82, 2.24) is 0 Å². The molecule has 0 fully saturated rings. The van der Waals surface area contributed by atoms with E-state index in [-0.39, 0.29) is 12.6 Å². The zero-order chi connectivity index (χ0) is 9.68. The number of nitrogens with zero attached hydrogens (tertiary/aromatic N) is 1. The molecule has 0 aliphatic rings. The molecule has 68 valence electrons. The molecule has 1 atom stereocenters. The van der Waals surface area contributed by atoms with Gasteiger partial charge in [-0.25, -0.2) is 0 Å². The van der Waals surface area contributed by atoms with Crippen molar-refractivity contribution in [2.75, 3.05) is 6.61 Å². The fourth-order valence-corrected chi connectivity index (χ4v) is 1.22. The Morgan fingerprint density at radius 3 is 2.77 bits per heavy atom. The zero-order valence-electron chi connectivity index (χ0n) is 7.27. The topological polar surface area (TPSA) is 70.0 Å². The fraction of sp³-hybridized carbons (Fsp3) is 0.300. The Kier molecular flexibility index (Phi) is 3.44. The second kappa shape index (κ2) is 4.61. The molecule has 13 heavy (non-hydrogen) atoms. The van der Waals surface area contributed by atoms with E-state index in [2.05, 4.69) is 6.07 Å². The first kappa shape index (κ1) is 9.72. The van der Waals surface area contributed by atoms with E-state index >= 15 is 0 Å².